The number of nitrogens with two attached hydrogens (primary N) is 1. The Morgan fingerprint density at radius 1 is 1.06 bits per heavy atom. The van der Waals surface area contributed by atoms with E-state index in [2.05, 4.69) is 58.9 Å². The predicted octanol–water partition coefficient (Wildman–Crippen LogP) is 4.47. The molecule has 5 heteroatoms. The van der Waals surface area contributed by atoms with Gasteiger partial charge >= 0.3 is 0 Å². The van der Waals surface area contributed by atoms with Gasteiger partial charge < -0.3 is 16.0 Å². The van der Waals surface area contributed by atoms with Gasteiger partial charge in [0.1, 0.15) is 11.9 Å². The fourth-order valence-electron chi connectivity index (χ4n) is 4.68. The molecule has 1 aliphatic heterocycles. The Morgan fingerprint density at radius 2 is 1.81 bits per heavy atom. The maximum absolute atomic E-state index is 13.2. The highest BCUT2D eigenvalue weighted by Gasteiger charge is 2.31. The summed E-state index contributed by atoms with van der Waals surface area (Å²) in [5.41, 5.74) is 14.4. The second kappa shape index (κ2) is 8.00. The number of nitrogens with one attached hydrogen (secondary N) is 2. The van der Waals surface area contributed by atoms with Crippen molar-refractivity contribution in [2.45, 2.75) is 32.4 Å². The zero-order valence-electron chi connectivity index (χ0n) is 18.1. The van der Waals surface area contributed by atoms with Crippen molar-refractivity contribution >= 4 is 11.7 Å². The van der Waals surface area contributed by atoms with Gasteiger partial charge in [0.15, 0.2) is 0 Å². The number of nitrogen functional groups attached to an aromatic ring is 1. The number of carbonyl (C=O) groups excluding carboxylic acids is 1. The minimum absolute atomic E-state index is 0.000155. The molecule has 5 nitrogen and oxygen atoms in total. The summed E-state index contributed by atoms with van der Waals surface area (Å²) in [6.45, 7) is 2.63. The van der Waals surface area contributed by atoms with Crippen molar-refractivity contribution in [3.8, 4) is 11.1 Å². The molecule has 0 fully saturated rings. The van der Waals surface area contributed by atoms with E-state index in [1.165, 1.54) is 22.3 Å². The second-order valence-electron chi connectivity index (χ2n) is 8.43. The van der Waals surface area contributed by atoms with Crippen LogP contribution in [0.4, 0.5) is 0 Å². The molecule has 1 aliphatic carbocycles. The van der Waals surface area contributed by atoms with Crippen LogP contribution in [0, 0.1) is 5.41 Å². The lowest BCUT2D eigenvalue weighted by atomic mass is 9.96. The molecule has 32 heavy (non-hydrogen) atoms. The van der Waals surface area contributed by atoms with Gasteiger partial charge in [-0.2, -0.15) is 0 Å². The SMILES string of the molecule is CCC1=CN(Cc2ccc(C(=N)N)cc2)C(c2ccc3c(c2)Cc2ccccc2-3)C(=O)N1. The van der Waals surface area contributed by atoms with Gasteiger partial charge in [-0.05, 0) is 46.2 Å². The van der Waals surface area contributed by atoms with Crippen LogP contribution in [0.15, 0.2) is 78.6 Å². The number of fused-ring (bicyclic) bond motifs is 3. The average Bonchev–Trinajstić information content (AvgIpc) is 3.17. The Balaban J connectivity index is 1.48. The Morgan fingerprint density at radius 3 is 2.56 bits per heavy atom. The third-order valence-electron chi connectivity index (χ3n) is 6.33. The summed E-state index contributed by atoms with van der Waals surface area (Å²) in [6, 6.07) is 22.2. The van der Waals surface area contributed by atoms with Crippen molar-refractivity contribution < 1.29 is 4.79 Å². The van der Waals surface area contributed by atoms with Crippen molar-refractivity contribution in [1.29, 1.82) is 5.41 Å². The summed E-state index contributed by atoms with van der Waals surface area (Å²) < 4.78 is 0. The highest BCUT2D eigenvalue weighted by Crippen LogP contribution is 2.39. The molecule has 0 bridgehead atoms. The first-order valence-electron chi connectivity index (χ1n) is 10.9. The van der Waals surface area contributed by atoms with Crippen molar-refractivity contribution in [2.24, 2.45) is 5.73 Å². The molecule has 4 N–H and O–H groups in total. The number of nitrogens with zero attached hydrogens (tertiary/aromatic N) is 1. The number of amidine groups is 1. The molecule has 1 heterocycles. The molecule has 0 aromatic heterocycles. The van der Waals surface area contributed by atoms with Gasteiger partial charge in [0.25, 0.3) is 5.91 Å². The van der Waals surface area contributed by atoms with Gasteiger partial charge in [-0.1, -0.05) is 73.7 Å². The zero-order chi connectivity index (χ0) is 22.2. The Kier molecular flexibility index (Phi) is 5.02. The monoisotopic (exact) mass is 422 g/mol. The number of carbonyl (C=O) groups is 1. The van der Waals surface area contributed by atoms with Crippen LogP contribution in [0.1, 0.15) is 47.2 Å². The van der Waals surface area contributed by atoms with Gasteiger partial charge in [0.2, 0.25) is 0 Å². The quantitative estimate of drug-likeness (QED) is 0.328. The highest BCUT2D eigenvalue weighted by atomic mass is 16.2. The van der Waals surface area contributed by atoms with Crippen LogP contribution in [-0.4, -0.2) is 16.6 Å². The summed E-state index contributed by atoms with van der Waals surface area (Å²) >= 11 is 0. The lowest BCUT2D eigenvalue weighted by molar-refractivity contribution is -0.126. The molecular weight excluding hydrogens is 396 g/mol. The Bertz CT molecular complexity index is 1240. The summed E-state index contributed by atoms with van der Waals surface area (Å²) in [5, 5.41) is 10.7. The lowest BCUT2D eigenvalue weighted by Crippen LogP contribution is -2.42. The van der Waals surface area contributed by atoms with E-state index in [1.807, 2.05) is 31.2 Å². The van der Waals surface area contributed by atoms with E-state index in [9.17, 15) is 4.79 Å². The van der Waals surface area contributed by atoms with Crippen LogP contribution in [0.2, 0.25) is 0 Å². The van der Waals surface area contributed by atoms with Crippen molar-refractivity contribution in [1.82, 2.24) is 10.2 Å². The zero-order valence-corrected chi connectivity index (χ0v) is 18.1. The van der Waals surface area contributed by atoms with E-state index in [4.69, 9.17) is 11.1 Å². The summed E-state index contributed by atoms with van der Waals surface area (Å²) in [6.07, 6.45) is 3.72. The fraction of sp³-hybridized carbons (Fsp3) is 0.185. The van der Waals surface area contributed by atoms with Crippen molar-refractivity contribution in [3.63, 3.8) is 0 Å². The van der Waals surface area contributed by atoms with Crippen LogP contribution in [0.5, 0.6) is 0 Å². The molecule has 0 spiro atoms. The molecule has 0 saturated carbocycles. The standard InChI is InChI=1S/C27H26N4O/c1-2-22-16-31(15-17-7-9-18(10-8-17)26(28)29)25(27(32)30-22)20-11-12-24-21(14-20)13-19-5-3-4-6-23(19)24/h3-12,14,16,25H,2,13,15H2,1H3,(H3,28,29)(H,30,32). The third-order valence-corrected chi connectivity index (χ3v) is 6.33. The number of rotatable bonds is 5. The maximum atomic E-state index is 13.2. The molecule has 3 aromatic rings. The highest BCUT2D eigenvalue weighted by molar-refractivity contribution is 5.94. The Labute approximate surface area is 188 Å². The summed E-state index contributed by atoms with van der Waals surface area (Å²) in [7, 11) is 0. The first kappa shape index (κ1) is 20.1. The molecule has 0 radical (unpaired) electrons. The molecule has 2 aliphatic rings. The third kappa shape index (κ3) is 3.56. The van der Waals surface area contributed by atoms with E-state index in [0.29, 0.717) is 12.1 Å². The molecular formula is C27H26N4O. The van der Waals surface area contributed by atoms with Crippen LogP contribution in [0.25, 0.3) is 11.1 Å². The predicted molar refractivity (Wildman–Crippen MR) is 127 cm³/mol. The van der Waals surface area contributed by atoms with Gasteiger partial charge in [0, 0.05) is 24.0 Å². The number of hydrogen-bond donors (Lipinski definition) is 3. The minimum atomic E-state index is -0.396. The normalized spacial score (nSPS) is 16.8. The van der Waals surface area contributed by atoms with Crippen LogP contribution < -0.4 is 11.1 Å². The topological polar surface area (TPSA) is 82.2 Å². The van der Waals surface area contributed by atoms with Gasteiger partial charge in [-0.15, -0.1) is 0 Å². The molecule has 0 saturated heterocycles. The van der Waals surface area contributed by atoms with Crippen LogP contribution in [0.3, 0.4) is 0 Å². The number of benzene rings is 3. The Hall–Kier alpha value is -3.86. The smallest absolute Gasteiger partial charge is 0.251 e. The molecule has 160 valence electrons. The molecule has 3 aromatic carbocycles. The molecule has 5 rings (SSSR count). The van der Waals surface area contributed by atoms with Gasteiger partial charge in [-0.3, -0.25) is 10.2 Å². The first-order chi connectivity index (χ1) is 15.5. The average molecular weight is 423 g/mol. The van der Waals surface area contributed by atoms with E-state index in [0.717, 1.165) is 29.7 Å². The fourth-order valence-corrected chi connectivity index (χ4v) is 4.68. The van der Waals surface area contributed by atoms with Crippen LogP contribution >= 0.6 is 0 Å². The van der Waals surface area contributed by atoms with Crippen molar-refractivity contribution in [3.05, 3.63) is 106 Å². The number of allylic oxidation sites excluding steroid dienone is 1. The van der Waals surface area contributed by atoms with Gasteiger partial charge in [0.05, 0.1) is 0 Å². The molecule has 1 unspecified atom stereocenters. The summed E-state index contributed by atoms with van der Waals surface area (Å²) in [5.74, 6) is 0.0549. The molecule has 1 amide bonds. The van der Waals surface area contributed by atoms with Gasteiger partial charge in [-0.25, -0.2) is 0 Å². The van der Waals surface area contributed by atoms with E-state index < -0.39 is 6.04 Å². The summed E-state index contributed by atoms with van der Waals surface area (Å²) in [4.78, 5) is 15.3. The maximum Gasteiger partial charge on any atom is 0.251 e. The van der Waals surface area contributed by atoms with Crippen LogP contribution in [-0.2, 0) is 17.8 Å². The number of hydrogen-bond acceptors (Lipinski definition) is 3. The van der Waals surface area contributed by atoms with E-state index in [-0.39, 0.29) is 11.7 Å². The lowest BCUT2D eigenvalue weighted by Gasteiger charge is -2.35. The minimum Gasteiger partial charge on any atom is -0.384 e. The van der Waals surface area contributed by atoms with E-state index in [1.54, 1.807) is 0 Å². The number of amides is 1. The second-order valence-corrected chi connectivity index (χ2v) is 8.43. The molecule has 1 atom stereocenters. The van der Waals surface area contributed by atoms with Crippen molar-refractivity contribution in [2.75, 3.05) is 0 Å². The first-order valence-corrected chi connectivity index (χ1v) is 10.9. The van der Waals surface area contributed by atoms with E-state index >= 15 is 0 Å². The largest absolute Gasteiger partial charge is 0.384 e.